The molecule has 4 nitrogen and oxygen atoms in total. The third-order valence-electron chi connectivity index (χ3n) is 3.87. The normalized spacial score (nSPS) is 22.7. The molecule has 2 unspecified atom stereocenters. The van der Waals surface area contributed by atoms with Crippen LogP contribution < -0.4 is 10.6 Å². The van der Waals surface area contributed by atoms with Crippen LogP contribution >= 0.6 is 15.9 Å². The minimum atomic E-state index is -0.154. The van der Waals surface area contributed by atoms with Gasteiger partial charge in [-0.3, -0.25) is 9.59 Å². The molecule has 1 aliphatic carbocycles. The fraction of sp³-hybridized carbons (Fsp3) is 0.412. The highest BCUT2D eigenvalue weighted by Gasteiger charge is 2.52. The summed E-state index contributed by atoms with van der Waals surface area (Å²) in [4.78, 5) is 22.9. The molecule has 2 N–H and O–H groups in total. The molecule has 0 spiro atoms. The van der Waals surface area contributed by atoms with E-state index in [9.17, 15) is 9.59 Å². The maximum Gasteiger partial charge on any atom is 0.243 e. The van der Waals surface area contributed by atoms with Crippen molar-refractivity contribution in [3.05, 3.63) is 48.0 Å². The Labute approximate surface area is 139 Å². The van der Waals surface area contributed by atoms with E-state index in [1.807, 2.05) is 31.2 Å². The Balaban J connectivity index is 1.73. The highest BCUT2D eigenvalue weighted by Crippen LogP contribution is 2.50. The summed E-state index contributed by atoms with van der Waals surface area (Å²) < 4.78 is -0.0171. The summed E-state index contributed by atoms with van der Waals surface area (Å²) in [6.45, 7) is 6.58. The molecule has 0 radical (unpaired) electrons. The van der Waals surface area contributed by atoms with Crippen LogP contribution in [0.15, 0.2) is 36.9 Å². The number of hydrogen-bond donors (Lipinski definition) is 2. The summed E-state index contributed by atoms with van der Waals surface area (Å²) in [5, 5.41) is 5.71. The van der Waals surface area contributed by atoms with Gasteiger partial charge in [0, 0.05) is 17.4 Å². The van der Waals surface area contributed by atoms with Gasteiger partial charge in [-0.25, -0.2) is 0 Å². The molecule has 1 aromatic rings. The highest BCUT2D eigenvalue weighted by molar-refractivity contribution is 9.10. The van der Waals surface area contributed by atoms with E-state index in [1.165, 1.54) is 6.08 Å². The average Bonchev–Trinajstić information content (AvgIpc) is 3.14. The first-order valence-corrected chi connectivity index (χ1v) is 8.16. The van der Waals surface area contributed by atoms with Crippen LogP contribution in [-0.4, -0.2) is 22.7 Å². The van der Waals surface area contributed by atoms with Crippen molar-refractivity contribution in [2.75, 3.05) is 6.54 Å². The predicted molar refractivity (Wildman–Crippen MR) is 90.6 cm³/mol. The molecule has 0 bridgehead atoms. The van der Waals surface area contributed by atoms with Crippen molar-refractivity contribution >= 4 is 27.7 Å². The first-order chi connectivity index (χ1) is 10.4. The van der Waals surface area contributed by atoms with E-state index in [0.717, 1.165) is 24.0 Å². The minimum Gasteiger partial charge on any atom is -0.352 e. The Hall–Kier alpha value is -1.62. The fourth-order valence-corrected chi connectivity index (χ4v) is 2.78. The van der Waals surface area contributed by atoms with Crippen molar-refractivity contribution in [1.29, 1.82) is 0 Å². The smallest absolute Gasteiger partial charge is 0.243 e. The van der Waals surface area contributed by atoms with E-state index in [0.29, 0.717) is 13.1 Å². The third-order valence-corrected chi connectivity index (χ3v) is 4.75. The van der Waals surface area contributed by atoms with E-state index in [4.69, 9.17) is 0 Å². The molecule has 22 heavy (non-hydrogen) atoms. The Morgan fingerprint density at radius 3 is 2.45 bits per heavy atom. The van der Waals surface area contributed by atoms with Gasteiger partial charge in [-0.05, 0) is 37.0 Å². The molecular weight excluding hydrogens is 344 g/mol. The Morgan fingerprint density at radius 2 is 1.91 bits per heavy atom. The number of alkyl halides is 1. The first kappa shape index (κ1) is 16.7. The summed E-state index contributed by atoms with van der Waals surface area (Å²) in [6.07, 6.45) is 2.94. The van der Waals surface area contributed by atoms with E-state index < -0.39 is 0 Å². The SMILES string of the molecule is C=CC(=O)NCCc1ccc(CNC(=O)C2CC2(C)Br)cc1. The van der Waals surface area contributed by atoms with E-state index in [-0.39, 0.29) is 22.1 Å². The van der Waals surface area contributed by atoms with Crippen LogP contribution in [0.2, 0.25) is 0 Å². The minimum absolute atomic E-state index is 0.0171. The standard InChI is InChI=1S/C17H21BrN2O2/c1-3-15(21)19-9-8-12-4-6-13(7-5-12)11-20-16(22)14-10-17(14,2)18/h3-7,14H,1,8-11H2,2H3,(H,19,21)(H,20,22). The Kier molecular flexibility index (Phi) is 5.40. The lowest BCUT2D eigenvalue weighted by atomic mass is 10.1. The quantitative estimate of drug-likeness (QED) is 0.576. The van der Waals surface area contributed by atoms with Gasteiger partial charge in [0.15, 0.2) is 0 Å². The van der Waals surface area contributed by atoms with Crippen molar-refractivity contribution in [1.82, 2.24) is 10.6 Å². The topological polar surface area (TPSA) is 58.2 Å². The van der Waals surface area contributed by atoms with Gasteiger partial charge in [0.1, 0.15) is 0 Å². The molecule has 1 aromatic carbocycles. The first-order valence-electron chi connectivity index (χ1n) is 7.37. The molecule has 0 heterocycles. The Morgan fingerprint density at radius 1 is 1.32 bits per heavy atom. The molecule has 2 amide bonds. The molecule has 2 rings (SSSR count). The molecule has 2 atom stereocenters. The molecule has 0 aromatic heterocycles. The van der Waals surface area contributed by atoms with Crippen LogP contribution in [0.5, 0.6) is 0 Å². The van der Waals surface area contributed by atoms with Gasteiger partial charge in [0.25, 0.3) is 0 Å². The van der Waals surface area contributed by atoms with Gasteiger partial charge in [-0.2, -0.15) is 0 Å². The monoisotopic (exact) mass is 364 g/mol. The maximum absolute atomic E-state index is 11.9. The highest BCUT2D eigenvalue weighted by atomic mass is 79.9. The number of rotatable bonds is 7. The molecule has 1 fully saturated rings. The molecule has 1 saturated carbocycles. The van der Waals surface area contributed by atoms with E-state index in [1.54, 1.807) is 0 Å². The maximum atomic E-state index is 11.9. The summed E-state index contributed by atoms with van der Waals surface area (Å²) in [7, 11) is 0. The summed E-state index contributed by atoms with van der Waals surface area (Å²) >= 11 is 3.53. The average molecular weight is 365 g/mol. The van der Waals surface area contributed by atoms with Crippen LogP contribution in [0.4, 0.5) is 0 Å². The number of carbonyl (C=O) groups is 2. The van der Waals surface area contributed by atoms with Gasteiger partial charge in [-0.1, -0.05) is 46.8 Å². The Bertz CT molecular complexity index is 567. The second-order valence-corrected chi connectivity index (χ2v) is 7.63. The number of halogens is 1. The molecule has 0 saturated heterocycles. The van der Waals surface area contributed by atoms with Gasteiger partial charge >= 0.3 is 0 Å². The lowest BCUT2D eigenvalue weighted by Crippen LogP contribution is -2.26. The van der Waals surface area contributed by atoms with Gasteiger partial charge in [0.2, 0.25) is 11.8 Å². The van der Waals surface area contributed by atoms with Gasteiger partial charge in [0.05, 0.1) is 5.92 Å². The second kappa shape index (κ2) is 7.09. The van der Waals surface area contributed by atoms with Crippen LogP contribution in [0.3, 0.4) is 0 Å². The number of benzene rings is 1. The van der Waals surface area contributed by atoms with Crippen LogP contribution in [-0.2, 0) is 22.6 Å². The van der Waals surface area contributed by atoms with Crippen molar-refractivity contribution in [2.24, 2.45) is 5.92 Å². The largest absolute Gasteiger partial charge is 0.352 e. The number of hydrogen-bond acceptors (Lipinski definition) is 2. The van der Waals surface area contributed by atoms with Crippen molar-refractivity contribution in [3.8, 4) is 0 Å². The number of carbonyl (C=O) groups excluding carboxylic acids is 2. The fourth-order valence-electron chi connectivity index (χ4n) is 2.24. The van der Waals surface area contributed by atoms with Crippen LogP contribution in [0, 0.1) is 5.92 Å². The van der Waals surface area contributed by atoms with Crippen LogP contribution in [0.1, 0.15) is 24.5 Å². The molecule has 1 aliphatic rings. The van der Waals surface area contributed by atoms with Crippen molar-refractivity contribution < 1.29 is 9.59 Å². The van der Waals surface area contributed by atoms with Gasteiger partial charge < -0.3 is 10.6 Å². The number of nitrogens with one attached hydrogen (secondary N) is 2. The number of amides is 2. The van der Waals surface area contributed by atoms with E-state index in [2.05, 4.69) is 33.1 Å². The predicted octanol–water partition coefficient (Wildman–Crippen LogP) is 2.32. The second-order valence-electron chi connectivity index (χ2n) is 5.81. The zero-order valence-corrected chi connectivity index (χ0v) is 14.3. The summed E-state index contributed by atoms with van der Waals surface area (Å²) in [5.74, 6) is 0.0361. The lowest BCUT2D eigenvalue weighted by Gasteiger charge is -2.07. The van der Waals surface area contributed by atoms with Gasteiger partial charge in [-0.15, -0.1) is 0 Å². The van der Waals surface area contributed by atoms with Crippen molar-refractivity contribution in [3.63, 3.8) is 0 Å². The molecule has 118 valence electrons. The van der Waals surface area contributed by atoms with Crippen LogP contribution in [0.25, 0.3) is 0 Å². The molecule has 0 aliphatic heterocycles. The molecule has 5 heteroatoms. The third kappa shape index (κ3) is 4.70. The lowest BCUT2D eigenvalue weighted by molar-refractivity contribution is -0.122. The summed E-state index contributed by atoms with van der Waals surface area (Å²) in [5.41, 5.74) is 2.22. The molecular formula is C17H21BrN2O2. The zero-order valence-electron chi connectivity index (χ0n) is 12.7. The zero-order chi connectivity index (χ0) is 16.2. The van der Waals surface area contributed by atoms with E-state index >= 15 is 0 Å². The van der Waals surface area contributed by atoms with Crippen molar-refractivity contribution in [2.45, 2.75) is 30.6 Å². The summed E-state index contributed by atoms with van der Waals surface area (Å²) in [6, 6.07) is 8.05.